The monoisotopic (exact) mass is 202 g/mol. The second kappa shape index (κ2) is 3.45. The quantitative estimate of drug-likeness (QED) is 0.424. The Labute approximate surface area is 84.5 Å². The summed E-state index contributed by atoms with van der Waals surface area (Å²) in [4.78, 5) is 24.5. The van der Waals surface area contributed by atoms with Gasteiger partial charge in [-0.2, -0.15) is 0 Å². The van der Waals surface area contributed by atoms with Crippen LogP contribution in [-0.4, -0.2) is 16.2 Å². The number of carbonyl (C=O) groups excluding carboxylic acids is 1. The number of pyridine rings is 1. The van der Waals surface area contributed by atoms with Crippen molar-refractivity contribution in [3.63, 3.8) is 0 Å². The summed E-state index contributed by atoms with van der Waals surface area (Å²) in [5.41, 5.74) is 0.264. The number of aldehydes is 1. The lowest BCUT2D eigenvalue weighted by Gasteiger charge is -1.98. The number of aromatic nitrogens is 1. The van der Waals surface area contributed by atoms with Crippen molar-refractivity contribution in [3.8, 4) is 0 Å². The zero-order valence-corrected chi connectivity index (χ0v) is 7.58. The van der Waals surface area contributed by atoms with Crippen molar-refractivity contribution in [2.45, 2.75) is 0 Å². The average molecular weight is 202 g/mol. The average Bonchev–Trinajstić information content (AvgIpc) is 2.27. The molecule has 2 aromatic rings. The number of nitrogens with zero attached hydrogens (tertiary/aromatic N) is 2. The summed E-state index contributed by atoms with van der Waals surface area (Å²) >= 11 is 0. The molecule has 0 unspecified atom stereocenters. The third-order valence-electron chi connectivity index (χ3n) is 2.08. The Kier molecular flexibility index (Phi) is 2.13. The molecule has 1 heterocycles. The number of benzene rings is 1. The van der Waals surface area contributed by atoms with E-state index in [1.54, 1.807) is 12.1 Å². The van der Waals surface area contributed by atoms with Crippen molar-refractivity contribution in [1.29, 1.82) is 0 Å². The van der Waals surface area contributed by atoms with Gasteiger partial charge in [-0.05, 0) is 11.5 Å². The second-order valence-electron chi connectivity index (χ2n) is 2.98. The number of nitro benzene ring substituents is 1. The summed E-state index contributed by atoms with van der Waals surface area (Å²) in [7, 11) is 0. The number of fused-ring (bicyclic) bond motifs is 1. The van der Waals surface area contributed by atoms with Gasteiger partial charge in [-0.3, -0.25) is 19.9 Å². The fraction of sp³-hybridized carbons (Fsp3) is 0. The first-order valence-corrected chi connectivity index (χ1v) is 4.20. The molecule has 0 aliphatic heterocycles. The van der Waals surface area contributed by atoms with Crippen LogP contribution in [0.4, 0.5) is 5.69 Å². The van der Waals surface area contributed by atoms with Crippen LogP contribution >= 0.6 is 0 Å². The summed E-state index contributed by atoms with van der Waals surface area (Å²) in [6.45, 7) is 0. The minimum Gasteiger partial charge on any atom is -0.296 e. The second-order valence-corrected chi connectivity index (χ2v) is 2.98. The first-order chi connectivity index (χ1) is 7.22. The molecule has 5 heteroatoms. The van der Waals surface area contributed by atoms with Gasteiger partial charge >= 0.3 is 0 Å². The highest BCUT2D eigenvalue weighted by atomic mass is 16.6. The highest BCUT2D eigenvalue weighted by Crippen LogP contribution is 2.24. The first kappa shape index (κ1) is 9.26. The van der Waals surface area contributed by atoms with Crippen molar-refractivity contribution in [2.75, 3.05) is 0 Å². The van der Waals surface area contributed by atoms with Gasteiger partial charge in [0.15, 0.2) is 6.29 Å². The third kappa shape index (κ3) is 1.54. The molecule has 0 aliphatic carbocycles. The van der Waals surface area contributed by atoms with E-state index >= 15 is 0 Å². The summed E-state index contributed by atoms with van der Waals surface area (Å²) in [5.74, 6) is 0. The fourth-order valence-corrected chi connectivity index (χ4v) is 1.40. The molecule has 0 saturated heterocycles. The van der Waals surface area contributed by atoms with Crippen LogP contribution in [0, 0.1) is 10.1 Å². The Morgan fingerprint density at radius 1 is 1.40 bits per heavy atom. The molecular weight excluding hydrogens is 196 g/mol. The molecule has 1 aromatic carbocycles. The van der Waals surface area contributed by atoms with Gasteiger partial charge < -0.3 is 0 Å². The molecular formula is C10H6N2O3. The predicted octanol–water partition coefficient (Wildman–Crippen LogP) is 1.96. The van der Waals surface area contributed by atoms with Crippen molar-refractivity contribution in [1.82, 2.24) is 4.98 Å². The van der Waals surface area contributed by atoms with Crippen LogP contribution in [0.15, 0.2) is 30.5 Å². The van der Waals surface area contributed by atoms with Crippen molar-refractivity contribution >= 4 is 22.7 Å². The zero-order chi connectivity index (χ0) is 10.8. The summed E-state index contributed by atoms with van der Waals surface area (Å²) in [6.07, 6.45) is 1.95. The highest BCUT2D eigenvalue weighted by molar-refractivity contribution is 5.92. The standard InChI is InChI=1S/C10H6N2O3/c13-6-8-4-7-2-1-3-10(12(14)15)9(7)5-11-8/h1-6H. The Bertz CT molecular complexity index is 551. The molecule has 0 radical (unpaired) electrons. The number of carbonyl (C=O) groups is 1. The number of hydrogen-bond donors (Lipinski definition) is 0. The highest BCUT2D eigenvalue weighted by Gasteiger charge is 2.11. The van der Waals surface area contributed by atoms with Crippen LogP contribution in [0.1, 0.15) is 10.5 Å². The van der Waals surface area contributed by atoms with E-state index in [0.29, 0.717) is 17.1 Å². The molecule has 5 nitrogen and oxygen atoms in total. The Morgan fingerprint density at radius 3 is 2.87 bits per heavy atom. The fourth-order valence-electron chi connectivity index (χ4n) is 1.40. The van der Waals surface area contributed by atoms with E-state index in [-0.39, 0.29) is 11.4 Å². The van der Waals surface area contributed by atoms with Crippen LogP contribution in [0.2, 0.25) is 0 Å². The molecule has 74 valence electrons. The van der Waals surface area contributed by atoms with Gasteiger partial charge in [0, 0.05) is 12.3 Å². The molecule has 0 saturated carbocycles. The lowest BCUT2D eigenvalue weighted by atomic mass is 10.1. The van der Waals surface area contributed by atoms with Gasteiger partial charge in [-0.15, -0.1) is 0 Å². The molecule has 0 aliphatic rings. The molecule has 2 rings (SSSR count). The maximum Gasteiger partial charge on any atom is 0.278 e. The van der Waals surface area contributed by atoms with Crippen molar-refractivity contribution in [3.05, 3.63) is 46.3 Å². The molecule has 0 spiro atoms. The van der Waals surface area contributed by atoms with E-state index in [1.165, 1.54) is 18.3 Å². The van der Waals surface area contributed by atoms with E-state index in [0.717, 1.165) is 0 Å². The Hall–Kier alpha value is -2.30. The molecule has 0 bridgehead atoms. The van der Waals surface area contributed by atoms with Crippen LogP contribution < -0.4 is 0 Å². The SMILES string of the molecule is O=Cc1cc2cccc([N+](=O)[O-])c2cn1. The van der Waals surface area contributed by atoms with E-state index in [9.17, 15) is 14.9 Å². The largest absolute Gasteiger partial charge is 0.296 e. The Balaban J connectivity index is 2.77. The van der Waals surface area contributed by atoms with Gasteiger partial charge in [0.1, 0.15) is 5.69 Å². The van der Waals surface area contributed by atoms with Gasteiger partial charge in [-0.25, -0.2) is 0 Å². The molecule has 1 aromatic heterocycles. The maximum absolute atomic E-state index is 10.7. The van der Waals surface area contributed by atoms with E-state index in [4.69, 9.17) is 0 Å². The molecule has 15 heavy (non-hydrogen) atoms. The topological polar surface area (TPSA) is 73.1 Å². The minimum atomic E-state index is -0.468. The van der Waals surface area contributed by atoms with E-state index in [1.807, 2.05) is 0 Å². The van der Waals surface area contributed by atoms with Gasteiger partial charge in [-0.1, -0.05) is 12.1 Å². The smallest absolute Gasteiger partial charge is 0.278 e. The Morgan fingerprint density at radius 2 is 2.20 bits per heavy atom. The van der Waals surface area contributed by atoms with Crippen LogP contribution in [0.5, 0.6) is 0 Å². The lowest BCUT2D eigenvalue weighted by Crippen LogP contribution is -1.92. The van der Waals surface area contributed by atoms with Gasteiger partial charge in [0.2, 0.25) is 0 Å². The lowest BCUT2D eigenvalue weighted by molar-refractivity contribution is -0.383. The molecule has 0 atom stereocenters. The molecule has 0 N–H and O–H groups in total. The normalized spacial score (nSPS) is 10.1. The van der Waals surface area contributed by atoms with Gasteiger partial charge in [0.05, 0.1) is 10.3 Å². The number of nitro groups is 1. The minimum absolute atomic E-state index is 0.00236. The molecule has 0 amide bonds. The van der Waals surface area contributed by atoms with Crippen LogP contribution in [0.3, 0.4) is 0 Å². The number of rotatable bonds is 2. The van der Waals surface area contributed by atoms with E-state index < -0.39 is 4.92 Å². The zero-order valence-electron chi connectivity index (χ0n) is 7.58. The van der Waals surface area contributed by atoms with Crippen molar-refractivity contribution < 1.29 is 9.72 Å². The summed E-state index contributed by atoms with van der Waals surface area (Å²) < 4.78 is 0. The van der Waals surface area contributed by atoms with Crippen molar-refractivity contribution in [2.24, 2.45) is 0 Å². The molecule has 0 fully saturated rings. The summed E-state index contributed by atoms with van der Waals surface area (Å²) in [6, 6.07) is 6.21. The third-order valence-corrected chi connectivity index (χ3v) is 2.08. The predicted molar refractivity (Wildman–Crippen MR) is 53.8 cm³/mol. The maximum atomic E-state index is 10.7. The van der Waals surface area contributed by atoms with E-state index in [2.05, 4.69) is 4.98 Å². The van der Waals surface area contributed by atoms with Crippen LogP contribution in [0.25, 0.3) is 10.8 Å². The van der Waals surface area contributed by atoms with Crippen LogP contribution in [-0.2, 0) is 0 Å². The van der Waals surface area contributed by atoms with Gasteiger partial charge in [0.25, 0.3) is 5.69 Å². The summed E-state index contributed by atoms with van der Waals surface area (Å²) in [5, 5.41) is 11.8. The number of hydrogen-bond acceptors (Lipinski definition) is 4. The first-order valence-electron chi connectivity index (χ1n) is 4.20. The number of non-ortho nitro benzene ring substituents is 1.